The van der Waals surface area contributed by atoms with Crippen molar-refractivity contribution in [3.8, 4) is 0 Å². The zero-order valence-corrected chi connectivity index (χ0v) is 13.8. The molecule has 0 aliphatic carbocycles. The fraction of sp³-hybridized carbons (Fsp3) is 0.529. The summed E-state index contributed by atoms with van der Waals surface area (Å²) in [5.41, 5.74) is 1.55. The Bertz CT molecular complexity index is 607. The Balaban J connectivity index is 1.64. The van der Waals surface area contributed by atoms with Gasteiger partial charge in [-0.1, -0.05) is 12.8 Å². The van der Waals surface area contributed by atoms with Crippen LogP contribution in [-0.2, 0) is 19.2 Å². The summed E-state index contributed by atoms with van der Waals surface area (Å²) in [6.45, 7) is 5.84. The molecular weight excluding hydrogens is 296 g/mol. The highest BCUT2D eigenvalue weighted by Gasteiger charge is 2.32. The summed E-state index contributed by atoms with van der Waals surface area (Å²) in [7, 11) is 0. The fourth-order valence-electron chi connectivity index (χ4n) is 2.76. The molecule has 0 N–H and O–H groups in total. The number of hydrogen-bond donors (Lipinski definition) is 0. The molecule has 2 aliphatic rings. The maximum Gasteiger partial charge on any atom is 0.256 e. The number of carbonyl (C=O) groups excluding carboxylic acids is 4. The molecule has 0 radical (unpaired) electrons. The van der Waals surface area contributed by atoms with Crippen molar-refractivity contribution in [2.24, 2.45) is 0 Å². The molecule has 0 spiro atoms. The van der Waals surface area contributed by atoms with Gasteiger partial charge >= 0.3 is 0 Å². The van der Waals surface area contributed by atoms with Crippen LogP contribution in [0.3, 0.4) is 0 Å². The molecule has 2 aliphatic heterocycles. The van der Waals surface area contributed by atoms with Crippen LogP contribution in [0, 0.1) is 0 Å². The molecule has 6 heteroatoms. The van der Waals surface area contributed by atoms with Crippen molar-refractivity contribution in [3.63, 3.8) is 0 Å². The predicted octanol–water partition coefficient (Wildman–Crippen LogP) is 1.57. The van der Waals surface area contributed by atoms with Crippen LogP contribution in [0.25, 0.3) is 0 Å². The van der Waals surface area contributed by atoms with Crippen LogP contribution in [0.2, 0.25) is 0 Å². The molecule has 0 aromatic carbocycles. The Morgan fingerprint density at radius 1 is 0.696 bits per heavy atom. The molecule has 6 nitrogen and oxygen atoms in total. The summed E-state index contributed by atoms with van der Waals surface area (Å²) >= 11 is 0. The minimum atomic E-state index is -0.238. The van der Waals surface area contributed by atoms with Gasteiger partial charge in [0.05, 0.1) is 0 Å². The zero-order valence-electron chi connectivity index (χ0n) is 13.8. The number of unbranched alkanes of at least 4 members (excludes halogenated alkanes) is 3. The Hall–Kier alpha value is -2.24. The van der Waals surface area contributed by atoms with Gasteiger partial charge in [0.2, 0.25) is 0 Å². The normalized spacial score (nSPS) is 18.7. The van der Waals surface area contributed by atoms with Gasteiger partial charge in [0.1, 0.15) is 0 Å². The molecule has 0 saturated carbocycles. The van der Waals surface area contributed by atoms with E-state index in [2.05, 4.69) is 0 Å². The smallest absolute Gasteiger partial charge is 0.256 e. The first-order valence-corrected chi connectivity index (χ1v) is 7.92. The molecular formula is C17H22N2O4. The SMILES string of the molecule is CC1=CC(=O)N(CCCCCCN2C(=O)C(C)=C(C)C2=O)C1=O. The van der Waals surface area contributed by atoms with Crippen molar-refractivity contribution in [1.29, 1.82) is 0 Å². The average Bonchev–Trinajstić information content (AvgIpc) is 2.86. The third-order valence-corrected chi connectivity index (χ3v) is 4.40. The number of hydrogen-bond acceptors (Lipinski definition) is 4. The van der Waals surface area contributed by atoms with Crippen molar-refractivity contribution in [2.75, 3.05) is 13.1 Å². The minimum absolute atomic E-state index is 0.192. The van der Waals surface area contributed by atoms with Gasteiger partial charge < -0.3 is 0 Å². The first-order chi connectivity index (χ1) is 10.8. The van der Waals surface area contributed by atoms with Crippen molar-refractivity contribution in [2.45, 2.75) is 46.5 Å². The summed E-state index contributed by atoms with van der Waals surface area (Å²) in [4.78, 5) is 49.6. The molecule has 2 heterocycles. The second-order valence-corrected chi connectivity index (χ2v) is 6.05. The molecule has 0 bridgehead atoms. The third kappa shape index (κ3) is 3.41. The van der Waals surface area contributed by atoms with E-state index in [1.807, 2.05) is 0 Å². The third-order valence-electron chi connectivity index (χ3n) is 4.40. The summed E-state index contributed by atoms with van der Waals surface area (Å²) < 4.78 is 0. The van der Waals surface area contributed by atoms with Gasteiger partial charge in [0.15, 0.2) is 0 Å². The number of nitrogens with zero attached hydrogens (tertiary/aromatic N) is 2. The van der Waals surface area contributed by atoms with E-state index < -0.39 is 0 Å². The zero-order chi connectivity index (χ0) is 17.1. The number of carbonyl (C=O) groups is 4. The lowest BCUT2D eigenvalue weighted by Gasteiger charge is -2.15. The van der Waals surface area contributed by atoms with Crippen LogP contribution in [0.15, 0.2) is 22.8 Å². The van der Waals surface area contributed by atoms with E-state index in [0.29, 0.717) is 29.8 Å². The Labute approximate surface area is 135 Å². The number of rotatable bonds is 7. The van der Waals surface area contributed by atoms with E-state index in [1.54, 1.807) is 20.8 Å². The molecule has 0 fully saturated rings. The van der Waals surface area contributed by atoms with Crippen LogP contribution in [0.5, 0.6) is 0 Å². The topological polar surface area (TPSA) is 74.8 Å². The fourth-order valence-corrected chi connectivity index (χ4v) is 2.76. The van der Waals surface area contributed by atoms with Gasteiger partial charge in [0, 0.05) is 35.9 Å². The number of imide groups is 2. The largest absolute Gasteiger partial charge is 0.275 e. The lowest BCUT2D eigenvalue weighted by Crippen LogP contribution is -2.32. The quantitative estimate of drug-likeness (QED) is 0.527. The lowest BCUT2D eigenvalue weighted by molar-refractivity contribution is -0.139. The van der Waals surface area contributed by atoms with Gasteiger partial charge in [-0.25, -0.2) is 0 Å². The first-order valence-electron chi connectivity index (χ1n) is 7.92. The van der Waals surface area contributed by atoms with Crippen molar-refractivity contribution in [3.05, 3.63) is 22.8 Å². The van der Waals surface area contributed by atoms with Gasteiger partial charge in [-0.15, -0.1) is 0 Å². The van der Waals surface area contributed by atoms with Crippen LogP contribution in [-0.4, -0.2) is 46.5 Å². The van der Waals surface area contributed by atoms with Crippen molar-refractivity contribution >= 4 is 23.6 Å². The molecule has 0 aromatic heterocycles. The van der Waals surface area contributed by atoms with Gasteiger partial charge in [-0.05, 0) is 33.6 Å². The van der Waals surface area contributed by atoms with Gasteiger partial charge in [0.25, 0.3) is 23.6 Å². The standard InChI is InChI=1S/C17H22N2O4/c1-11-10-14(20)18(15(11)21)8-6-4-5-7-9-19-16(22)12(2)13(3)17(19)23/h10H,4-9H2,1-3H3. The van der Waals surface area contributed by atoms with Crippen LogP contribution in [0.4, 0.5) is 0 Å². The van der Waals surface area contributed by atoms with Gasteiger partial charge in [-0.3, -0.25) is 29.0 Å². The second kappa shape index (κ2) is 6.89. The highest BCUT2D eigenvalue weighted by Crippen LogP contribution is 2.20. The van der Waals surface area contributed by atoms with Crippen LogP contribution < -0.4 is 0 Å². The van der Waals surface area contributed by atoms with Crippen LogP contribution in [0.1, 0.15) is 46.5 Å². The van der Waals surface area contributed by atoms with Crippen LogP contribution >= 0.6 is 0 Å². The maximum absolute atomic E-state index is 11.9. The lowest BCUT2D eigenvalue weighted by atomic mass is 10.2. The molecule has 0 unspecified atom stereocenters. The Kier molecular flexibility index (Phi) is 5.13. The molecule has 23 heavy (non-hydrogen) atoms. The number of amides is 4. The average molecular weight is 318 g/mol. The summed E-state index contributed by atoms with van der Waals surface area (Å²) in [6.07, 6.45) is 4.52. The highest BCUT2D eigenvalue weighted by atomic mass is 16.2. The van der Waals surface area contributed by atoms with E-state index in [9.17, 15) is 19.2 Å². The molecule has 2 rings (SSSR count). The molecule has 124 valence electrons. The van der Waals surface area contributed by atoms with Gasteiger partial charge in [-0.2, -0.15) is 0 Å². The van der Waals surface area contributed by atoms with E-state index in [-0.39, 0.29) is 23.6 Å². The summed E-state index contributed by atoms with van der Waals surface area (Å²) in [5.74, 6) is -0.831. The summed E-state index contributed by atoms with van der Waals surface area (Å²) in [5, 5.41) is 0. The van der Waals surface area contributed by atoms with E-state index in [0.717, 1.165) is 25.7 Å². The minimum Gasteiger partial charge on any atom is -0.275 e. The summed E-state index contributed by atoms with van der Waals surface area (Å²) in [6, 6.07) is 0. The monoisotopic (exact) mass is 318 g/mol. The van der Waals surface area contributed by atoms with E-state index >= 15 is 0 Å². The molecule has 4 amide bonds. The molecule has 0 atom stereocenters. The molecule has 0 saturated heterocycles. The Morgan fingerprint density at radius 3 is 1.61 bits per heavy atom. The predicted molar refractivity (Wildman–Crippen MR) is 84.0 cm³/mol. The van der Waals surface area contributed by atoms with Crippen molar-refractivity contribution in [1.82, 2.24) is 9.80 Å². The van der Waals surface area contributed by atoms with E-state index in [4.69, 9.17) is 0 Å². The molecule has 0 aromatic rings. The maximum atomic E-state index is 11.9. The highest BCUT2D eigenvalue weighted by molar-refractivity contribution is 6.18. The van der Waals surface area contributed by atoms with E-state index in [1.165, 1.54) is 15.9 Å². The van der Waals surface area contributed by atoms with Crippen molar-refractivity contribution < 1.29 is 19.2 Å². The Morgan fingerprint density at radius 2 is 1.17 bits per heavy atom. The second-order valence-electron chi connectivity index (χ2n) is 6.05. The first kappa shape index (κ1) is 17.1.